The van der Waals surface area contributed by atoms with Gasteiger partial charge in [-0.25, -0.2) is 9.59 Å². The van der Waals surface area contributed by atoms with E-state index in [0.29, 0.717) is 0 Å². The van der Waals surface area contributed by atoms with E-state index in [9.17, 15) is 9.59 Å². The van der Waals surface area contributed by atoms with Crippen molar-refractivity contribution >= 4 is 34.0 Å². The lowest BCUT2D eigenvalue weighted by Crippen LogP contribution is -2.14. The van der Waals surface area contributed by atoms with E-state index < -0.39 is 11.9 Å². The molecule has 0 spiro atoms. The number of fused-ring (bicyclic) bond motifs is 1. The minimum atomic E-state index is -0.501. The summed E-state index contributed by atoms with van der Waals surface area (Å²) >= 11 is 1.52. The maximum atomic E-state index is 11.9. The number of benzene rings is 1. The van der Waals surface area contributed by atoms with Crippen molar-refractivity contribution in [3.8, 4) is 0 Å². The summed E-state index contributed by atoms with van der Waals surface area (Å²) in [7, 11) is 0. The van der Waals surface area contributed by atoms with Gasteiger partial charge in [0.15, 0.2) is 0 Å². The minimum absolute atomic E-state index is 0.256. The fourth-order valence-corrected chi connectivity index (χ4v) is 2.54. The highest BCUT2D eigenvalue weighted by molar-refractivity contribution is 7.09. The molecule has 0 amide bonds. The van der Waals surface area contributed by atoms with E-state index in [1.54, 1.807) is 26.0 Å². The predicted molar refractivity (Wildman–Crippen MR) is 73.7 cm³/mol. The van der Waals surface area contributed by atoms with Crippen molar-refractivity contribution in [2.75, 3.05) is 13.2 Å². The molecule has 0 fully saturated rings. The van der Waals surface area contributed by atoms with E-state index in [4.69, 9.17) is 9.47 Å². The van der Waals surface area contributed by atoms with E-state index in [1.807, 2.05) is 10.8 Å². The fourth-order valence-electron chi connectivity index (χ4n) is 1.77. The largest absolute Gasteiger partial charge is 0.462 e. The molecule has 1 aromatic carbocycles. The van der Waals surface area contributed by atoms with E-state index in [2.05, 4.69) is 0 Å². The van der Waals surface area contributed by atoms with Gasteiger partial charge in [-0.1, -0.05) is 0 Å². The van der Waals surface area contributed by atoms with Crippen LogP contribution in [0.4, 0.5) is 0 Å². The fraction of sp³-hybridized carbons (Fsp3) is 0.286. The highest BCUT2D eigenvalue weighted by Gasteiger charge is 2.20. The Morgan fingerprint density at radius 2 is 1.37 bits per heavy atom. The summed E-state index contributed by atoms with van der Waals surface area (Å²) in [5.41, 5.74) is 0.511. The molecular formula is C14H14O4S. The average Bonchev–Trinajstić information content (AvgIpc) is 2.85. The molecule has 2 aromatic rings. The summed E-state index contributed by atoms with van der Waals surface area (Å²) in [6.07, 6.45) is 0. The van der Waals surface area contributed by atoms with Crippen molar-refractivity contribution < 1.29 is 19.1 Å². The lowest BCUT2D eigenvalue weighted by atomic mass is 10.0. The summed E-state index contributed by atoms with van der Waals surface area (Å²) in [5, 5.41) is 5.68. The van der Waals surface area contributed by atoms with Crippen molar-refractivity contribution in [1.82, 2.24) is 0 Å². The standard InChI is InChI=1S/C14H14O4S/c1-3-17-13(15)11-5-9-7-19-8-10(9)6-12(11)14(16)18-4-2/h5-8H,3-4H2,1-2H3. The first-order valence-electron chi connectivity index (χ1n) is 6.01. The molecule has 2 rings (SSSR count). The van der Waals surface area contributed by atoms with Crippen LogP contribution in [0.3, 0.4) is 0 Å². The van der Waals surface area contributed by atoms with Gasteiger partial charge in [0.05, 0.1) is 24.3 Å². The van der Waals surface area contributed by atoms with E-state index >= 15 is 0 Å². The summed E-state index contributed by atoms with van der Waals surface area (Å²) in [6.45, 7) is 3.99. The first kappa shape index (κ1) is 13.5. The third kappa shape index (κ3) is 2.76. The van der Waals surface area contributed by atoms with Crippen LogP contribution in [-0.2, 0) is 9.47 Å². The topological polar surface area (TPSA) is 52.6 Å². The molecule has 5 heteroatoms. The molecule has 0 aliphatic heterocycles. The Morgan fingerprint density at radius 1 is 0.947 bits per heavy atom. The van der Waals surface area contributed by atoms with Gasteiger partial charge in [0.1, 0.15) is 0 Å². The summed E-state index contributed by atoms with van der Waals surface area (Å²) in [5.74, 6) is -1.00. The highest BCUT2D eigenvalue weighted by atomic mass is 32.1. The van der Waals surface area contributed by atoms with Crippen LogP contribution >= 0.6 is 11.3 Å². The third-order valence-electron chi connectivity index (χ3n) is 2.60. The highest BCUT2D eigenvalue weighted by Crippen LogP contribution is 2.25. The molecule has 1 aromatic heterocycles. The number of ether oxygens (including phenoxy) is 2. The van der Waals surface area contributed by atoms with Crippen LogP contribution in [0.15, 0.2) is 22.9 Å². The zero-order valence-electron chi connectivity index (χ0n) is 10.8. The maximum Gasteiger partial charge on any atom is 0.339 e. The van der Waals surface area contributed by atoms with Gasteiger partial charge in [-0.05, 0) is 47.5 Å². The lowest BCUT2D eigenvalue weighted by molar-refractivity contribution is 0.0479. The van der Waals surface area contributed by atoms with Gasteiger partial charge in [0.2, 0.25) is 0 Å². The number of carbonyl (C=O) groups is 2. The Kier molecular flexibility index (Phi) is 4.16. The predicted octanol–water partition coefficient (Wildman–Crippen LogP) is 3.25. The summed E-state index contributed by atoms with van der Waals surface area (Å²) in [6, 6.07) is 3.35. The van der Waals surface area contributed by atoms with Gasteiger partial charge in [0.25, 0.3) is 0 Å². The summed E-state index contributed by atoms with van der Waals surface area (Å²) < 4.78 is 9.96. The van der Waals surface area contributed by atoms with Gasteiger partial charge in [-0.3, -0.25) is 0 Å². The molecule has 1 heterocycles. The van der Waals surface area contributed by atoms with E-state index in [0.717, 1.165) is 10.8 Å². The Morgan fingerprint density at radius 3 is 1.74 bits per heavy atom. The molecule has 0 radical (unpaired) electrons. The number of carbonyl (C=O) groups excluding carboxylic acids is 2. The number of thiophene rings is 1. The lowest BCUT2D eigenvalue weighted by Gasteiger charge is -2.08. The Hall–Kier alpha value is -1.88. The molecule has 0 atom stereocenters. The molecular weight excluding hydrogens is 264 g/mol. The van der Waals surface area contributed by atoms with Crippen molar-refractivity contribution in [3.63, 3.8) is 0 Å². The van der Waals surface area contributed by atoms with Crippen LogP contribution in [0.1, 0.15) is 34.6 Å². The molecule has 0 saturated carbocycles. The van der Waals surface area contributed by atoms with Crippen LogP contribution in [-0.4, -0.2) is 25.2 Å². The quantitative estimate of drug-likeness (QED) is 0.805. The van der Waals surface area contributed by atoms with Crippen LogP contribution in [0.5, 0.6) is 0 Å². The number of hydrogen-bond acceptors (Lipinski definition) is 5. The molecule has 0 aliphatic carbocycles. The Bertz CT molecular complexity index is 563. The van der Waals surface area contributed by atoms with Crippen molar-refractivity contribution in [3.05, 3.63) is 34.0 Å². The van der Waals surface area contributed by atoms with Crippen molar-refractivity contribution in [2.24, 2.45) is 0 Å². The van der Waals surface area contributed by atoms with E-state index in [1.165, 1.54) is 11.3 Å². The van der Waals surface area contributed by atoms with Crippen LogP contribution in [0, 0.1) is 0 Å². The van der Waals surface area contributed by atoms with Gasteiger partial charge in [-0.2, -0.15) is 11.3 Å². The van der Waals surface area contributed by atoms with E-state index in [-0.39, 0.29) is 24.3 Å². The first-order valence-corrected chi connectivity index (χ1v) is 6.95. The molecule has 19 heavy (non-hydrogen) atoms. The number of hydrogen-bond donors (Lipinski definition) is 0. The van der Waals surface area contributed by atoms with Gasteiger partial charge < -0.3 is 9.47 Å². The molecule has 0 unspecified atom stereocenters. The second kappa shape index (κ2) is 5.84. The minimum Gasteiger partial charge on any atom is -0.462 e. The van der Waals surface area contributed by atoms with Crippen LogP contribution in [0.2, 0.25) is 0 Å². The zero-order chi connectivity index (χ0) is 13.8. The van der Waals surface area contributed by atoms with Crippen molar-refractivity contribution in [2.45, 2.75) is 13.8 Å². The normalized spacial score (nSPS) is 10.4. The molecule has 4 nitrogen and oxygen atoms in total. The molecule has 0 bridgehead atoms. The smallest absolute Gasteiger partial charge is 0.339 e. The molecule has 0 saturated heterocycles. The maximum absolute atomic E-state index is 11.9. The van der Waals surface area contributed by atoms with Gasteiger partial charge in [0, 0.05) is 0 Å². The first-order chi connectivity index (χ1) is 9.17. The van der Waals surface area contributed by atoms with Crippen LogP contribution < -0.4 is 0 Å². The van der Waals surface area contributed by atoms with Gasteiger partial charge >= 0.3 is 11.9 Å². The second-order valence-corrected chi connectivity index (χ2v) is 4.58. The zero-order valence-corrected chi connectivity index (χ0v) is 11.6. The molecule has 0 aliphatic rings. The Balaban J connectivity index is 2.53. The monoisotopic (exact) mass is 278 g/mol. The number of rotatable bonds is 4. The third-order valence-corrected chi connectivity index (χ3v) is 3.38. The molecule has 0 N–H and O–H groups in total. The molecule has 100 valence electrons. The van der Waals surface area contributed by atoms with Crippen LogP contribution in [0.25, 0.3) is 10.8 Å². The Labute approximate surface area is 114 Å². The van der Waals surface area contributed by atoms with Gasteiger partial charge in [-0.15, -0.1) is 0 Å². The van der Waals surface area contributed by atoms with Crippen molar-refractivity contribution in [1.29, 1.82) is 0 Å². The SMILES string of the molecule is CCOC(=O)c1cc2cscc2cc1C(=O)OCC. The number of esters is 2. The average molecular weight is 278 g/mol. The second-order valence-electron chi connectivity index (χ2n) is 3.84. The summed E-state index contributed by atoms with van der Waals surface area (Å²) in [4.78, 5) is 23.8.